The molecule has 0 aliphatic carbocycles. The Labute approximate surface area is 156 Å². The number of nitrogens with zero attached hydrogens (tertiary/aromatic N) is 1. The molecule has 1 aliphatic rings. The smallest absolute Gasteiger partial charge is 0.319 e. The van der Waals surface area contributed by atoms with Gasteiger partial charge in [0.15, 0.2) is 0 Å². The topological polar surface area (TPSA) is 61.4 Å². The highest BCUT2D eigenvalue weighted by Gasteiger charge is 2.28. The van der Waals surface area contributed by atoms with E-state index in [4.69, 9.17) is 0 Å². The Morgan fingerprint density at radius 3 is 2.41 bits per heavy atom. The minimum Gasteiger partial charge on any atom is -0.341 e. The van der Waals surface area contributed by atoms with E-state index in [9.17, 15) is 18.4 Å². The SMILES string of the molecule is O=C(Nc1ccc(F)cc1F)N[C@@H](Cc1ccccc1)C(=O)N1CCCC1. The molecule has 3 amide bonds. The van der Waals surface area contributed by atoms with Gasteiger partial charge >= 0.3 is 6.03 Å². The maximum Gasteiger partial charge on any atom is 0.319 e. The van der Waals surface area contributed by atoms with Crippen LogP contribution in [0, 0.1) is 11.6 Å². The molecule has 1 aliphatic heterocycles. The molecule has 0 saturated carbocycles. The second kappa shape index (κ2) is 8.62. The Bertz CT molecular complexity index is 808. The Kier molecular flexibility index (Phi) is 6.01. The number of amides is 3. The molecule has 0 aromatic heterocycles. The summed E-state index contributed by atoms with van der Waals surface area (Å²) in [6.45, 7) is 1.33. The van der Waals surface area contributed by atoms with Crippen LogP contribution >= 0.6 is 0 Å². The second-order valence-corrected chi connectivity index (χ2v) is 6.50. The summed E-state index contributed by atoms with van der Waals surface area (Å²) in [5.74, 6) is -1.77. The van der Waals surface area contributed by atoms with Crippen molar-refractivity contribution in [3.8, 4) is 0 Å². The van der Waals surface area contributed by atoms with E-state index in [1.165, 1.54) is 0 Å². The number of carbonyl (C=O) groups excluding carboxylic acids is 2. The first-order valence-electron chi connectivity index (χ1n) is 8.88. The van der Waals surface area contributed by atoms with E-state index in [2.05, 4.69) is 10.6 Å². The summed E-state index contributed by atoms with van der Waals surface area (Å²) in [4.78, 5) is 26.9. The van der Waals surface area contributed by atoms with Crippen LogP contribution in [0.5, 0.6) is 0 Å². The van der Waals surface area contributed by atoms with Crippen LogP contribution in [0.15, 0.2) is 48.5 Å². The normalized spacial score (nSPS) is 14.7. The molecule has 1 atom stereocenters. The van der Waals surface area contributed by atoms with E-state index in [1.54, 1.807) is 4.90 Å². The van der Waals surface area contributed by atoms with E-state index >= 15 is 0 Å². The number of hydrogen-bond donors (Lipinski definition) is 2. The lowest BCUT2D eigenvalue weighted by Crippen LogP contribution is -2.50. The van der Waals surface area contributed by atoms with Gasteiger partial charge in [-0.2, -0.15) is 0 Å². The van der Waals surface area contributed by atoms with Gasteiger partial charge in [0.25, 0.3) is 0 Å². The van der Waals surface area contributed by atoms with Gasteiger partial charge in [-0.25, -0.2) is 13.6 Å². The number of rotatable bonds is 5. The third-order valence-electron chi connectivity index (χ3n) is 4.48. The van der Waals surface area contributed by atoms with Crippen molar-refractivity contribution >= 4 is 17.6 Å². The van der Waals surface area contributed by atoms with Gasteiger partial charge in [-0.05, 0) is 30.5 Å². The highest BCUT2D eigenvalue weighted by atomic mass is 19.1. The van der Waals surface area contributed by atoms with Gasteiger partial charge in [0.1, 0.15) is 17.7 Å². The number of hydrogen-bond acceptors (Lipinski definition) is 2. The first-order valence-corrected chi connectivity index (χ1v) is 8.88. The minimum atomic E-state index is -0.879. The fourth-order valence-electron chi connectivity index (χ4n) is 3.12. The van der Waals surface area contributed by atoms with Crippen molar-refractivity contribution < 1.29 is 18.4 Å². The van der Waals surface area contributed by atoms with Gasteiger partial charge in [0.05, 0.1) is 5.69 Å². The van der Waals surface area contributed by atoms with E-state index in [1.807, 2.05) is 30.3 Å². The first kappa shape index (κ1) is 18.8. The van der Waals surface area contributed by atoms with E-state index in [0.29, 0.717) is 25.6 Å². The standard InChI is InChI=1S/C20H21F2N3O2/c21-15-8-9-17(16(22)13-15)23-20(27)24-18(12-14-6-2-1-3-7-14)19(26)25-10-4-5-11-25/h1-3,6-9,13,18H,4-5,10-12H2,(H2,23,24,27)/t18-/m0/s1. The predicted octanol–water partition coefficient (Wildman–Crippen LogP) is 3.32. The van der Waals surface area contributed by atoms with Crippen LogP contribution < -0.4 is 10.6 Å². The third-order valence-corrected chi connectivity index (χ3v) is 4.48. The third kappa shape index (κ3) is 5.03. The molecule has 7 heteroatoms. The fourth-order valence-corrected chi connectivity index (χ4v) is 3.12. The van der Waals surface area contributed by atoms with Crippen LogP contribution in [-0.2, 0) is 11.2 Å². The molecule has 0 bridgehead atoms. The highest BCUT2D eigenvalue weighted by Crippen LogP contribution is 2.16. The summed E-state index contributed by atoms with van der Waals surface area (Å²) < 4.78 is 26.7. The van der Waals surface area contributed by atoms with Crippen molar-refractivity contribution in [1.29, 1.82) is 0 Å². The zero-order valence-electron chi connectivity index (χ0n) is 14.8. The molecular weight excluding hydrogens is 352 g/mol. The number of urea groups is 1. The summed E-state index contributed by atoms with van der Waals surface area (Å²) in [6, 6.07) is 10.7. The minimum absolute atomic E-state index is 0.152. The van der Waals surface area contributed by atoms with Gasteiger partial charge in [-0.1, -0.05) is 30.3 Å². The molecule has 1 fully saturated rings. The first-order chi connectivity index (χ1) is 13.0. The molecular formula is C20H21F2N3O2. The summed E-state index contributed by atoms with van der Waals surface area (Å²) >= 11 is 0. The number of carbonyl (C=O) groups is 2. The van der Waals surface area contributed by atoms with Crippen LogP contribution in [-0.4, -0.2) is 36.0 Å². The van der Waals surface area contributed by atoms with Crippen molar-refractivity contribution in [3.63, 3.8) is 0 Å². The van der Waals surface area contributed by atoms with E-state index in [-0.39, 0.29) is 11.6 Å². The maximum absolute atomic E-state index is 13.7. The number of benzene rings is 2. The van der Waals surface area contributed by atoms with E-state index in [0.717, 1.165) is 30.5 Å². The molecule has 2 N–H and O–H groups in total. The fraction of sp³-hybridized carbons (Fsp3) is 0.300. The summed E-state index contributed by atoms with van der Waals surface area (Å²) in [5, 5.41) is 4.97. The van der Waals surface area contributed by atoms with Crippen LogP contribution in [0.2, 0.25) is 0 Å². The largest absolute Gasteiger partial charge is 0.341 e. The van der Waals surface area contributed by atoms with Crippen LogP contribution in [0.4, 0.5) is 19.3 Å². The molecule has 3 rings (SSSR count). The zero-order valence-corrected chi connectivity index (χ0v) is 14.8. The highest BCUT2D eigenvalue weighted by molar-refractivity contribution is 5.94. The van der Waals surface area contributed by atoms with Crippen molar-refractivity contribution in [3.05, 3.63) is 65.7 Å². The Hall–Kier alpha value is -2.96. The molecule has 27 heavy (non-hydrogen) atoms. The van der Waals surface area contributed by atoms with Gasteiger partial charge < -0.3 is 15.5 Å². The number of likely N-dealkylation sites (tertiary alicyclic amines) is 1. The lowest BCUT2D eigenvalue weighted by molar-refractivity contribution is -0.132. The maximum atomic E-state index is 13.7. The Morgan fingerprint density at radius 2 is 1.74 bits per heavy atom. The summed E-state index contributed by atoms with van der Waals surface area (Å²) in [6.07, 6.45) is 2.21. The second-order valence-electron chi connectivity index (χ2n) is 6.50. The summed E-state index contributed by atoms with van der Waals surface area (Å²) in [5.41, 5.74) is 0.754. The molecule has 2 aromatic carbocycles. The molecule has 1 heterocycles. The monoisotopic (exact) mass is 373 g/mol. The van der Waals surface area contributed by atoms with Crippen molar-refractivity contribution in [2.45, 2.75) is 25.3 Å². The molecule has 0 radical (unpaired) electrons. The molecule has 1 saturated heterocycles. The van der Waals surface area contributed by atoms with Crippen molar-refractivity contribution in [1.82, 2.24) is 10.2 Å². The average molecular weight is 373 g/mol. The lowest BCUT2D eigenvalue weighted by Gasteiger charge is -2.24. The van der Waals surface area contributed by atoms with Crippen LogP contribution in [0.1, 0.15) is 18.4 Å². The Balaban J connectivity index is 1.71. The summed E-state index contributed by atoms with van der Waals surface area (Å²) in [7, 11) is 0. The average Bonchev–Trinajstić information content (AvgIpc) is 3.18. The quantitative estimate of drug-likeness (QED) is 0.845. The molecule has 2 aromatic rings. The van der Waals surface area contributed by atoms with Crippen LogP contribution in [0.3, 0.4) is 0 Å². The molecule has 0 spiro atoms. The van der Waals surface area contributed by atoms with Gasteiger partial charge in [0.2, 0.25) is 5.91 Å². The van der Waals surface area contributed by atoms with Crippen molar-refractivity contribution in [2.75, 3.05) is 18.4 Å². The van der Waals surface area contributed by atoms with Gasteiger partial charge in [-0.15, -0.1) is 0 Å². The molecule has 5 nitrogen and oxygen atoms in total. The van der Waals surface area contributed by atoms with Gasteiger partial charge in [0, 0.05) is 25.6 Å². The van der Waals surface area contributed by atoms with E-state index < -0.39 is 23.7 Å². The molecule has 0 unspecified atom stereocenters. The number of anilines is 1. The lowest BCUT2D eigenvalue weighted by atomic mass is 10.0. The van der Waals surface area contributed by atoms with Crippen molar-refractivity contribution in [2.24, 2.45) is 0 Å². The zero-order chi connectivity index (χ0) is 19.2. The Morgan fingerprint density at radius 1 is 1.04 bits per heavy atom. The number of halogens is 2. The molecule has 142 valence electrons. The number of nitrogens with one attached hydrogen (secondary N) is 2. The predicted molar refractivity (Wildman–Crippen MR) is 98.3 cm³/mol. The van der Waals surface area contributed by atoms with Gasteiger partial charge in [-0.3, -0.25) is 4.79 Å². The van der Waals surface area contributed by atoms with Crippen LogP contribution in [0.25, 0.3) is 0 Å².